The first-order valence-corrected chi connectivity index (χ1v) is 7.24. The zero-order valence-corrected chi connectivity index (χ0v) is 12.9. The van der Waals surface area contributed by atoms with Crippen molar-refractivity contribution in [3.8, 4) is 5.75 Å². The van der Waals surface area contributed by atoms with E-state index in [1.165, 1.54) is 7.11 Å². The molecule has 2 atom stereocenters. The minimum absolute atomic E-state index is 0.212. The van der Waals surface area contributed by atoms with E-state index < -0.39 is 11.9 Å². The van der Waals surface area contributed by atoms with E-state index >= 15 is 0 Å². The Hall–Kier alpha value is -1.46. The van der Waals surface area contributed by atoms with Gasteiger partial charge in [-0.25, -0.2) is 0 Å². The second-order valence-corrected chi connectivity index (χ2v) is 5.82. The molecule has 0 saturated heterocycles. The van der Waals surface area contributed by atoms with Crippen LogP contribution in [0.25, 0.3) is 0 Å². The van der Waals surface area contributed by atoms with Crippen LogP contribution in [-0.4, -0.2) is 24.1 Å². The normalized spacial score (nSPS) is 21.1. The lowest BCUT2D eigenvalue weighted by Crippen LogP contribution is -2.21. The molecule has 7 heteroatoms. The smallest absolute Gasteiger partial charge is 0.306 e. The van der Waals surface area contributed by atoms with Gasteiger partial charge >= 0.3 is 5.97 Å². The van der Waals surface area contributed by atoms with Crippen molar-refractivity contribution in [2.45, 2.75) is 19.3 Å². The highest BCUT2D eigenvalue weighted by Gasteiger charge is 2.33. The van der Waals surface area contributed by atoms with E-state index in [1.807, 2.05) is 0 Å². The van der Waals surface area contributed by atoms with E-state index in [4.69, 9.17) is 33.0 Å². The zero-order valence-electron chi connectivity index (χ0n) is 11.4. The number of anilines is 1. The SMILES string of the molecule is COc1c(Cl)cc(NC(=O)[C@@H]2CC[C@H](C(=O)O)C2)cc1Cl. The predicted molar refractivity (Wildman–Crippen MR) is 80.1 cm³/mol. The number of amides is 1. The zero-order chi connectivity index (χ0) is 15.6. The van der Waals surface area contributed by atoms with E-state index in [0.29, 0.717) is 40.7 Å². The Morgan fingerprint density at radius 1 is 1.24 bits per heavy atom. The van der Waals surface area contributed by atoms with Crippen molar-refractivity contribution < 1.29 is 19.4 Å². The first kappa shape index (κ1) is 15.9. The Morgan fingerprint density at radius 2 is 1.81 bits per heavy atom. The lowest BCUT2D eigenvalue weighted by molar-refractivity contribution is -0.141. The number of carbonyl (C=O) groups excluding carboxylic acids is 1. The van der Waals surface area contributed by atoms with Gasteiger partial charge in [-0.3, -0.25) is 9.59 Å². The van der Waals surface area contributed by atoms with Gasteiger partial charge in [0.1, 0.15) is 0 Å². The molecule has 0 heterocycles. The number of nitrogens with one attached hydrogen (secondary N) is 1. The topological polar surface area (TPSA) is 75.6 Å². The summed E-state index contributed by atoms with van der Waals surface area (Å²) in [7, 11) is 1.45. The fraction of sp³-hybridized carbons (Fsp3) is 0.429. The summed E-state index contributed by atoms with van der Waals surface area (Å²) in [5, 5.41) is 12.3. The molecule has 1 fully saturated rings. The molecule has 114 valence electrons. The summed E-state index contributed by atoms with van der Waals surface area (Å²) >= 11 is 12.0. The lowest BCUT2D eigenvalue weighted by Gasteiger charge is -2.13. The number of rotatable bonds is 4. The predicted octanol–water partition coefficient (Wildman–Crippen LogP) is 3.44. The number of carboxylic acid groups (broad SMARTS) is 1. The second-order valence-electron chi connectivity index (χ2n) is 5.01. The van der Waals surface area contributed by atoms with E-state index in [2.05, 4.69) is 5.32 Å². The lowest BCUT2D eigenvalue weighted by atomic mass is 10.0. The third kappa shape index (κ3) is 3.60. The number of carboxylic acids is 1. The number of carbonyl (C=O) groups is 2. The Morgan fingerprint density at radius 3 is 2.29 bits per heavy atom. The average Bonchev–Trinajstić information content (AvgIpc) is 2.88. The molecule has 0 aliphatic heterocycles. The monoisotopic (exact) mass is 331 g/mol. The Kier molecular flexibility index (Phi) is 4.96. The number of ether oxygens (including phenoxy) is 1. The van der Waals surface area contributed by atoms with Crippen molar-refractivity contribution in [3.63, 3.8) is 0 Å². The summed E-state index contributed by atoms with van der Waals surface area (Å²) in [5.74, 6) is -1.45. The molecule has 5 nitrogen and oxygen atoms in total. The molecule has 1 aliphatic carbocycles. The molecule has 1 saturated carbocycles. The number of methoxy groups -OCH3 is 1. The van der Waals surface area contributed by atoms with Crippen LogP contribution >= 0.6 is 23.2 Å². The summed E-state index contributed by atoms with van der Waals surface area (Å²) < 4.78 is 5.03. The van der Waals surface area contributed by atoms with Crippen LogP contribution in [0.2, 0.25) is 10.0 Å². The molecule has 0 aromatic heterocycles. The van der Waals surface area contributed by atoms with Gasteiger partial charge in [0.2, 0.25) is 5.91 Å². The first-order chi connectivity index (χ1) is 9.92. The van der Waals surface area contributed by atoms with Crippen LogP contribution in [0.4, 0.5) is 5.69 Å². The van der Waals surface area contributed by atoms with Gasteiger partial charge in [0.05, 0.1) is 23.1 Å². The molecular weight excluding hydrogens is 317 g/mol. The largest absolute Gasteiger partial charge is 0.494 e. The highest BCUT2D eigenvalue weighted by Crippen LogP contribution is 2.36. The van der Waals surface area contributed by atoms with Crippen LogP contribution in [0.5, 0.6) is 5.75 Å². The number of hydrogen-bond donors (Lipinski definition) is 2. The van der Waals surface area contributed by atoms with Crippen molar-refractivity contribution in [2.75, 3.05) is 12.4 Å². The fourth-order valence-corrected chi connectivity index (χ4v) is 3.16. The van der Waals surface area contributed by atoms with Crippen LogP contribution in [-0.2, 0) is 9.59 Å². The maximum Gasteiger partial charge on any atom is 0.306 e. The summed E-state index contributed by atoms with van der Waals surface area (Å²) in [4.78, 5) is 23.0. The molecular formula is C14H15Cl2NO4. The van der Waals surface area contributed by atoms with Crippen molar-refractivity contribution in [2.24, 2.45) is 11.8 Å². The standard InChI is InChI=1S/C14H15Cl2NO4/c1-21-12-10(15)5-9(6-11(12)16)17-13(18)7-2-3-8(4-7)14(19)20/h5-8H,2-4H2,1H3,(H,17,18)(H,19,20)/t7-,8+/m1/s1. The Bertz CT molecular complexity index is 553. The number of hydrogen-bond acceptors (Lipinski definition) is 3. The van der Waals surface area contributed by atoms with E-state index in [9.17, 15) is 9.59 Å². The summed E-state index contributed by atoms with van der Waals surface area (Å²) in [5.41, 5.74) is 0.467. The Labute approximate surface area is 132 Å². The molecule has 0 bridgehead atoms. The van der Waals surface area contributed by atoms with E-state index in [-0.39, 0.29) is 11.8 Å². The molecule has 1 aromatic rings. The van der Waals surface area contributed by atoms with Gasteiger partial charge in [-0.15, -0.1) is 0 Å². The average molecular weight is 332 g/mol. The molecule has 0 radical (unpaired) electrons. The van der Waals surface area contributed by atoms with Crippen LogP contribution in [0.1, 0.15) is 19.3 Å². The summed E-state index contributed by atoms with van der Waals surface area (Å²) in [6, 6.07) is 3.10. The quantitative estimate of drug-likeness (QED) is 0.886. The van der Waals surface area contributed by atoms with Gasteiger partial charge in [0.25, 0.3) is 0 Å². The highest BCUT2D eigenvalue weighted by atomic mass is 35.5. The first-order valence-electron chi connectivity index (χ1n) is 6.49. The third-order valence-electron chi connectivity index (χ3n) is 3.62. The van der Waals surface area contributed by atoms with Crippen molar-refractivity contribution in [3.05, 3.63) is 22.2 Å². The summed E-state index contributed by atoms with van der Waals surface area (Å²) in [6.45, 7) is 0. The van der Waals surface area contributed by atoms with E-state index in [1.54, 1.807) is 12.1 Å². The Balaban J connectivity index is 2.05. The van der Waals surface area contributed by atoms with Crippen molar-refractivity contribution >= 4 is 40.8 Å². The van der Waals surface area contributed by atoms with Gasteiger partial charge in [0, 0.05) is 11.6 Å². The van der Waals surface area contributed by atoms with Crippen LogP contribution in [0, 0.1) is 11.8 Å². The molecule has 1 aromatic carbocycles. The molecule has 1 amide bonds. The highest BCUT2D eigenvalue weighted by molar-refractivity contribution is 6.37. The van der Waals surface area contributed by atoms with Gasteiger partial charge in [-0.2, -0.15) is 0 Å². The third-order valence-corrected chi connectivity index (χ3v) is 4.18. The summed E-state index contributed by atoms with van der Waals surface area (Å²) in [6.07, 6.45) is 1.46. The minimum atomic E-state index is -0.846. The number of aliphatic carboxylic acids is 1. The number of benzene rings is 1. The maximum absolute atomic E-state index is 12.1. The van der Waals surface area contributed by atoms with E-state index in [0.717, 1.165) is 0 Å². The van der Waals surface area contributed by atoms with Crippen molar-refractivity contribution in [1.82, 2.24) is 0 Å². The molecule has 0 spiro atoms. The maximum atomic E-state index is 12.1. The molecule has 1 aliphatic rings. The van der Waals surface area contributed by atoms with Gasteiger partial charge in [-0.05, 0) is 31.4 Å². The minimum Gasteiger partial charge on any atom is -0.494 e. The van der Waals surface area contributed by atoms with Crippen LogP contribution < -0.4 is 10.1 Å². The van der Waals surface area contributed by atoms with Gasteiger partial charge < -0.3 is 15.2 Å². The van der Waals surface area contributed by atoms with Gasteiger partial charge in [-0.1, -0.05) is 23.2 Å². The molecule has 2 N–H and O–H groups in total. The van der Waals surface area contributed by atoms with Crippen LogP contribution in [0.15, 0.2) is 12.1 Å². The molecule has 2 rings (SSSR count). The number of halogens is 2. The van der Waals surface area contributed by atoms with Crippen molar-refractivity contribution in [1.29, 1.82) is 0 Å². The second kappa shape index (κ2) is 6.54. The molecule has 21 heavy (non-hydrogen) atoms. The van der Waals surface area contributed by atoms with Crippen LogP contribution in [0.3, 0.4) is 0 Å². The molecule has 0 unspecified atom stereocenters. The fourth-order valence-electron chi connectivity index (χ4n) is 2.52. The van der Waals surface area contributed by atoms with Gasteiger partial charge in [0.15, 0.2) is 5.75 Å².